The summed E-state index contributed by atoms with van der Waals surface area (Å²) in [4.78, 5) is 0. The van der Waals surface area contributed by atoms with Gasteiger partial charge in [-0.2, -0.15) is 0 Å². The summed E-state index contributed by atoms with van der Waals surface area (Å²) >= 11 is 9.63. The van der Waals surface area contributed by atoms with E-state index in [2.05, 4.69) is 15.9 Å². The lowest BCUT2D eigenvalue weighted by molar-refractivity contribution is 0.0565. The van der Waals surface area contributed by atoms with Crippen LogP contribution in [0.15, 0.2) is 48.5 Å². The van der Waals surface area contributed by atoms with Gasteiger partial charge in [-0.05, 0) is 29.3 Å². The number of rotatable bonds is 6. The number of benzene rings is 2. The largest absolute Gasteiger partial charge is 0.497 e. The zero-order valence-corrected chi connectivity index (χ0v) is 13.5. The van der Waals surface area contributed by atoms with Gasteiger partial charge in [0, 0.05) is 10.4 Å². The van der Waals surface area contributed by atoms with Crippen LogP contribution in [0.5, 0.6) is 5.75 Å². The lowest BCUT2D eigenvalue weighted by atomic mass is 10.1. The van der Waals surface area contributed by atoms with E-state index in [1.54, 1.807) is 7.11 Å². The molecule has 1 unspecified atom stereocenters. The Kier molecular flexibility index (Phi) is 5.89. The molecule has 2 aromatic carbocycles. The normalized spacial score (nSPS) is 12.2. The molecule has 4 heteroatoms. The molecule has 106 valence electrons. The Balaban J connectivity index is 2.07. The summed E-state index contributed by atoms with van der Waals surface area (Å²) in [6.45, 7) is 0.479. The van der Waals surface area contributed by atoms with Crippen LogP contribution in [-0.4, -0.2) is 12.4 Å². The van der Waals surface area contributed by atoms with Crippen molar-refractivity contribution >= 4 is 27.5 Å². The van der Waals surface area contributed by atoms with Crippen LogP contribution in [0.1, 0.15) is 17.2 Å². The maximum atomic E-state index is 6.13. The summed E-state index contributed by atoms with van der Waals surface area (Å²) in [7, 11) is 1.66. The van der Waals surface area contributed by atoms with Gasteiger partial charge in [0.05, 0.1) is 19.8 Å². The second-order valence-corrected chi connectivity index (χ2v) is 5.38. The van der Waals surface area contributed by atoms with Crippen molar-refractivity contribution < 1.29 is 9.47 Å². The van der Waals surface area contributed by atoms with E-state index in [9.17, 15) is 0 Å². The molecule has 0 aliphatic rings. The zero-order chi connectivity index (χ0) is 14.4. The molecule has 0 saturated carbocycles. The van der Waals surface area contributed by atoms with E-state index < -0.39 is 0 Å². The standard InChI is InChI=1S/C16H16BrClO2/c1-19-14-7-4-6-12(9-14)16(10-17)20-11-13-5-2-3-8-15(13)18/h2-9,16H,10-11H2,1H3. The molecule has 0 heterocycles. The molecule has 0 N–H and O–H groups in total. The Bertz CT molecular complexity index is 560. The quantitative estimate of drug-likeness (QED) is 0.679. The highest BCUT2D eigenvalue weighted by Gasteiger charge is 2.12. The topological polar surface area (TPSA) is 18.5 Å². The van der Waals surface area contributed by atoms with Crippen molar-refractivity contribution in [2.24, 2.45) is 0 Å². The Morgan fingerprint density at radius 2 is 1.95 bits per heavy atom. The zero-order valence-electron chi connectivity index (χ0n) is 11.2. The van der Waals surface area contributed by atoms with Crippen LogP contribution in [0.3, 0.4) is 0 Å². The van der Waals surface area contributed by atoms with E-state index in [-0.39, 0.29) is 6.10 Å². The first kappa shape index (κ1) is 15.4. The van der Waals surface area contributed by atoms with Gasteiger partial charge in [0.2, 0.25) is 0 Å². The fourth-order valence-electron chi connectivity index (χ4n) is 1.88. The van der Waals surface area contributed by atoms with Gasteiger partial charge in [0.25, 0.3) is 0 Å². The maximum Gasteiger partial charge on any atom is 0.119 e. The Hall–Kier alpha value is -1.03. The van der Waals surface area contributed by atoms with Crippen molar-refractivity contribution in [3.63, 3.8) is 0 Å². The molecule has 2 nitrogen and oxygen atoms in total. The van der Waals surface area contributed by atoms with Crippen LogP contribution >= 0.6 is 27.5 Å². The first-order valence-corrected chi connectivity index (χ1v) is 7.79. The van der Waals surface area contributed by atoms with Gasteiger partial charge < -0.3 is 9.47 Å². The molecule has 0 saturated heterocycles. The van der Waals surface area contributed by atoms with Crippen molar-refractivity contribution in [3.05, 3.63) is 64.7 Å². The number of methoxy groups -OCH3 is 1. The first-order chi connectivity index (χ1) is 9.74. The summed E-state index contributed by atoms with van der Waals surface area (Å²) in [5.74, 6) is 0.829. The molecular formula is C16H16BrClO2. The fourth-order valence-corrected chi connectivity index (χ4v) is 2.63. The Morgan fingerprint density at radius 3 is 2.65 bits per heavy atom. The first-order valence-electron chi connectivity index (χ1n) is 6.29. The van der Waals surface area contributed by atoms with Crippen LogP contribution in [0.25, 0.3) is 0 Å². The van der Waals surface area contributed by atoms with Crippen LogP contribution < -0.4 is 4.74 Å². The average Bonchev–Trinajstić information content (AvgIpc) is 2.50. The molecular weight excluding hydrogens is 340 g/mol. The molecule has 0 aliphatic heterocycles. The van der Waals surface area contributed by atoms with Crippen molar-refractivity contribution in [2.75, 3.05) is 12.4 Å². The third kappa shape index (κ3) is 3.98. The van der Waals surface area contributed by atoms with E-state index in [0.29, 0.717) is 11.9 Å². The van der Waals surface area contributed by atoms with Crippen molar-refractivity contribution in [1.29, 1.82) is 0 Å². The van der Waals surface area contributed by atoms with Crippen molar-refractivity contribution in [1.82, 2.24) is 0 Å². The average molecular weight is 356 g/mol. The number of hydrogen-bond acceptors (Lipinski definition) is 2. The number of ether oxygens (including phenoxy) is 2. The molecule has 1 atom stereocenters. The highest BCUT2D eigenvalue weighted by atomic mass is 79.9. The lowest BCUT2D eigenvalue weighted by Crippen LogP contribution is -2.06. The van der Waals surface area contributed by atoms with Gasteiger partial charge in [0.1, 0.15) is 5.75 Å². The molecule has 20 heavy (non-hydrogen) atoms. The molecule has 0 spiro atoms. The van der Waals surface area contributed by atoms with Gasteiger partial charge in [0.15, 0.2) is 0 Å². The predicted octanol–water partition coefficient (Wildman–Crippen LogP) is 5.00. The smallest absolute Gasteiger partial charge is 0.119 e. The molecule has 0 amide bonds. The molecule has 0 radical (unpaired) electrons. The molecule has 0 bridgehead atoms. The molecule has 2 aromatic rings. The van der Waals surface area contributed by atoms with Crippen molar-refractivity contribution in [3.8, 4) is 5.75 Å². The monoisotopic (exact) mass is 354 g/mol. The number of alkyl halides is 1. The summed E-state index contributed by atoms with van der Waals surface area (Å²) in [5, 5.41) is 1.44. The van der Waals surface area contributed by atoms with E-state index in [4.69, 9.17) is 21.1 Å². The second kappa shape index (κ2) is 7.67. The van der Waals surface area contributed by atoms with Gasteiger partial charge in [-0.1, -0.05) is 57.9 Å². The lowest BCUT2D eigenvalue weighted by Gasteiger charge is -2.17. The van der Waals surface area contributed by atoms with Gasteiger partial charge >= 0.3 is 0 Å². The Labute approximate surface area is 132 Å². The summed E-state index contributed by atoms with van der Waals surface area (Å²) in [6, 6.07) is 15.6. The third-order valence-corrected chi connectivity index (χ3v) is 3.96. The predicted molar refractivity (Wildman–Crippen MR) is 85.8 cm³/mol. The highest BCUT2D eigenvalue weighted by molar-refractivity contribution is 9.09. The highest BCUT2D eigenvalue weighted by Crippen LogP contribution is 2.26. The molecule has 0 fully saturated rings. The van der Waals surface area contributed by atoms with E-state index in [0.717, 1.165) is 21.9 Å². The minimum atomic E-state index is -0.0404. The third-order valence-electron chi connectivity index (χ3n) is 3.00. The minimum Gasteiger partial charge on any atom is -0.497 e. The van der Waals surface area contributed by atoms with E-state index in [1.165, 1.54) is 0 Å². The minimum absolute atomic E-state index is 0.0404. The van der Waals surface area contributed by atoms with E-state index in [1.807, 2.05) is 48.5 Å². The van der Waals surface area contributed by atoms with Gasteiger partial charge in [-0.15, -0.1) is 0 Å². The van der Waals surface area contributed by atoms with Gasteiger partial charge in [-0.3, -0.25) is 0 Å². The van der Waals surface area contributed by atoms with Crippen LogP contribution in [0, 0.1) is 0 Å². The second-order valence-electron chi connectivity index (χ2n) is 4.32. The van der Waals surface area contributed by atoms with Gasteiger partial charge in [-0.25, -0.2) is 0 Å². The summed E-state index contributed by atoms with van der Waals surface area (Å²) in [6.07, 6.45) is -0.0404. The fraction of sp³-hybridized carbons (Fsp3) is 0.250. The SMILES string of the molecule is COc1cccc(C(CBr)OCc2ccccc2Cl)c1. The number of halogens is 2. The van der Waals surface area contributed by atoms with E-state index >= 15 is 0 Å². The van der Waals surface area contributed by atoms with Crippen LogP contribution in [0.2, 0.25) is 5.02 Å². The Morgan fingerprint density at radius 1 is 1.15 bits per heavy atom. The molecule has 0 aliphatic carbocycles. The van der Waals surface area contributed by atoms with Crippen molar-refractivity contribution in [2.45, 2.75) is 12.7 Å². The molecule has 2 rings (SSSR count). The summed E-state index contributed by atoms with van der Waals surface area (Å²) in [5.41, 5.74) is 2.07. The van der Waals surface area contributed by atoms with Crippen LogP contribution in [0.4, 0.5) is 0 Å². The number of hydrogen-bond donors (Lipinski definition) is 0. The maximum absolute atomic E-state index is 6.13. The van der Waals surface area contributed by atoms with Crippen LogP contribution in [-0.2, 0) is 11.3 Å². The molecule has 0 aromatic heterocycles. The summed E-state index contributed by atoms with van der Waals surface area (Å²) < 4.78 is 11.2.